The summed E-state index contributed by atoms with van der Waals surface area (Å²) in [4.78, 5) is 35.4. The number of nitrogens with zero attached hydrogens (tertiary/aromatic N) is 3. The van der Waals surface area contributed by atoms with Crippen molar-refractivity contribution < 1.29 is 24.2 Å². The van der Waals surface area contributed by atoms with Gasteiger partial charge in [-0.15, -0.1) is 0 Å². The van der Waals surface area contributed by atoms with Crippen LogP contribution in [0.3, 0.4) is 0 Å². The zero-order chi connectivity index (χ0) is 24.5. The van der Waals surface area contributed by atoms with E-state index in [1.165, 1.54) is 0 Å². The van der Waals surface area contributed by atoms with Crippen molar-refractivity contribution in [2.24, 2.45) is 0 Å². The van der Waals surface area contributed by atoms with Gasteiger partial charge in [-0.3, -0.25) is 9.69 Å². The van der Waals surface area contributed by atoms with Crippen LogP contribution < -0.4 is 4.74 Å². The Morgan fingerprint density at radius 2 is 2.06 bits per heavy atom. The number of ether oxygens (including phenoxy) is 2. The third kappa shape index (κ3) is 4.92. The highest BCUT2D eigenvalue weighted by Crippen LogP contribution is 2.44. The Kier molecular flexibility index (Phi) is 6.90. The van der Waals surface area contributed by atoms with Gasteiger partial charge in [0.1, 0.15) is 11.1 Å². The van der Waals surface area contributed by atoms with Gasteiger partial charge in [0.2, 0.25) is 5.88 Å². The second-order valence-corrected chi connectivity index (χ2v) is 10.6. The van der Waals surface area contributed by atoms with Crippen molar-refractivity contribution in [1.29, 1.82) is 0 Å². The Bertz CT molecular complexity index is 952. The third-order valence-corrected chi connectivity index (χ3v) is 6.82. The number of carbonyl (C=O) groups excluding carboxylic acids is 2. The predicted octanol–water partition coefficient (Wildman–Crippen LogP) is 3.74. The molecule has 2 amide bonds. The predicted molar refractivity (Wildman–Crippen MR) is 127 cm³/mol. The Morgan fingerprint density at radius 1 is 1.29 bits per heavy atom. The van der Waals surface area contributed by atoms with E-state index in [1.54, 1.807) is 11.1 Å². The van der Waals surface area contributed by atoms with E-state index in [9.17, 15) is 9.59 Å². The second kappa shape index (κ2) is 9.56. The molecule has 4 rings (SSSR count). The summed E-state index contributed by atoms with van der Waals surface area (Å²) in [5, 5.41) is 9.03. The molecule has 2 atom stereocenters. The van der Waals surface area contributed by atoms with Crippen molar-refractivity contribution >= 4 is 12.0 Å². The zero-order valence-electron chi connectivity index (χ0n) is 20.7. The van der Waals surface area contributed by atoms with Crippen LogP contribution in [-0.2, 0) is 16.1 Å². The van der Waals surface area contributed by atoms with Gasteiger partial charge >= 0.3 is 6.09 Å². The van der Waals surface area contributed by atoms with Crippen LogP contribution in [0.15, 0.2) is 24.4 Å². The summed E-state index contributed by atoms with van der Waals surface area (Å²) in [6, 6.07) is 2.08. The molecule has 2 aliphatic heterocycles. The molecule has 2 bridgehead atoms. The van der Waals surface area contributed by atoms with E-state index in [0.717, 1.165) is 36.8 Å². The lowest BCUT2D eigenvalue weighted by molar-refractivity contribution is -0.142. The van der Waals surface area contributed by atoms with E-state index < -0.39 is 17.2 Å². The molecule has 3 heterocycles. The molecular weight excluding hydrogens is 434 g/mol. The van der Waals surface area contributed by atoms with Crippen molar-refractivity contribution in [2.75, 3.05) is 13.2 Å². The minimum Gasteiger partial charge on any atom is -0.477 e. The molecular formula is C26H37N3O5. The fourth-order valence-electron chi connectivity index (χ4n) is 4.96. The number of aliphatic hydroxyl groups excluding tert-OH is 1. The summed E-state index contributed by atoms with van der Waals surface area (Å²) in [5.74, 6) is 0.499. The molecule has 1 aromatic rings. The monoisotopic (exact) mass is 471 g/mol. The highest BCUT2D eigenvalue weighted by Gasteiger charge is 2.57. The largest absolute Gasteiger partial charge is 0.477 e. The number of fused-ring (bicyclic) bond motifs is 2. The first-order valence-electron chi connectivity index (χ1n) is 12.4. The summed E-state index contributed by atoms with van der Waals surface area (Å²) >= 11 is 0. The maximum absolute atomic E-state index is 14.2. The van der Waals surface area contributed by atoms with Crippen molar-refractivity contribution in [3.63, 3.8) is 0 Å². The van der Waals surface area contributed by atoms with Crippen LogP contribution in [0.2, 0.25) is 0 Å². The number of carbonyl (C=O) groups is 2. The van der Waals surface area contributed by atoms with Gasteiger partial charge in [0, 0.05) is 43.4 Å². The molecule has 186 valence electrons. The fourth-order valence-corrected chi connectivity index (χ4v) is 4.96. The molecule has 0 spiro atoms. The molecule has 1 aromatic heterocycles. The second-order valence-electron chi connectivity index (χ2n) is 10.6. The van der Waals surface area contributed by atoms with E-state index in [1.807, 2.05) is 50.8 Å². The first-order chi connectivity index (χ1) is 16.2. The van der Waals surface area contributed by atoms with Crippen LogP contribution in [0.1, 0.15) is 70.4 Å². The van der Waals surface area contributed by atoms with Crippen LogP contribution in [0, 0.1) is 6.92 Å². The average molecular weight is 472 g/mol. The molecule has 2 fully saturated rings. The van der Waals surface area contributed by atoms with E-state index in [-0.39, 0.29) is 24.6 Å². The van der Waals surface area contributed by atoms with Gasteiger partial charge in [-0.25, -0.2) is 9.78 Å². The van der Waals surface area contributed by atoms with Gasteiger partial charge in [0.15, 0.2) is 0 Å². The van der Waals surface area contributed by atoms with Crippen LogP contribution >= 0.6 is 0 Å². The van der Waals surface area contributed by atoms with Gasteiger partial charge in [0.25, 0.3) is 5.91 Å². The Balaban J connectivity index is 1.60. The Hall–Kier alpha value is -2.61. The SMILES string of the molecule is Cc1c(CN(C(=O)C23C=CCC(CC2)N3C(=O)OC(C)(C)C)C2CC2)ccnc1OCCCO. The first kappa shape index (κ1) is 24.5. The molecule has 1 aliphatic carbocycles. The van der Waals surface area contributed by atoms with E-state index >= 15 is 0 Å². The topological polar surface area (TPSA) is 92.2 Å². The van der Waals surface area contributed by atoms with Crippen LogP contribution in [0.4, 0.5) is 4.79 Å². The summed E-state index contributed by atoms with van der Waals surface area (Å²) in [6.45, 7) is 8.39. The summed E-state index contributed by atoms with van der Waals surface area (Å²) in [6.07, 6.45) is 9.87. The van der Waals surface area contributed by atoms with E-state index in [2.05, 4.69) is 4.98 Å². The fraction of sp³-hybridized carbons (Fsp3) is 0.654. The first-order valence-corrected chi connectivity index (χ1v) is 12.4. The van der Waals surface area contributed by atoms with Gasteiger partial charge < -0.3 is 19.5 Å². The standard InChI is InChI=1S/C26H37N3O5/c1-18-19(11-14-27-22(18)33-16-6-15-30)17-28(20-8-9-20)23(31)26-12-5-7-21(10-13-26)29(26)24(32)34-25(2,3)4/h5,11-12,14,20-21,30H,6-10,13,15-17H2,1-4H3. The summed E-state index contributed by atoms with van der Waals surface area (Å²) in [7, 11) is 0. The molecule has 1 N–H and O–H groups in total. The van der Waals surface area contributed by atoms with Crippen LogP contribution in [-0.4, -0.2) is 68.3 Å². The number of rotatable bonds is 8. The lowest BCUT2D eigenvalue weighted by Crippen LogP contribution is -2.61. The molecule has 8 nitrogen and oxygen atoms in total. The number of pyridine rings is 1. The van der Waals surface area contributed by atoms with Crippen LogP contribution in [0.5, 0.6) is 5.88 Å². The molecule has 3 aliphatic rings. The number of hydrogen-bond acceptors (Lipinski definition) is 6. The molecule has 0 aromatic carbocycles. The maximum atomic E-state index is 14.2. The van der Waals surface area contributed by atoms with E-state index in [4.69, 9.17) is 14.6 Å². The number of aliphatic hydroxyl groups is 1. The molecule has 1 saturated heterocycles. The Morgan fingerprint density at radius 3 is 2.74 bits per heavy atom. The normalized spacial score (nSPS) is 23.7. The highest BCUT2D eigenvalue weighted by atomic mass is 16.6. The van der Waals surface area contributed by atoms with Crippen molar-refractivity contribution in [1.82, 2.24) is 14.8 Å². The molecule has 8 heteroatoms. The average Bonchev–Trinajstić information content (AvgIpc) is 3.58. The quantitative estimate of drug-likeness (QED) is 0.459. The molecule has 2 unspecified atom stereocenters. The van der Waals surface area contributed by atoms with Gasteiger partial charge in [-0.1, -0.05) is 12.2 Å². The maximum Gasteiger partial charge on any atom is 0.411 e. The van der Waals surface area contributed by atoms with Gasteiger partial charge in [-0.2, -0.15) is 0 Å². The lowest BCUT2D eigenvalue weighted by Gasteiger charge is -2.43. The molecule has 0 radical (unpaired) electrons. The summed E-state index contributed by atoms with van der Waals surface area (Å²) < 4.78 is 11.5. The van der Waals surface area contributed by atoms with Crippen molar-refractivity contribution in [3.05, 3.63) is 35.5 Å². The zero-order valence-corrected chi connectivity index (χ0v) is 20.7. The van der Waals surface area contributed by atoms with Crippen LogP contribution in [0.25, 0.3) is 0 Å². The van der Waals surface area contributed by atoms with E-state index in [0.29, 0.717) is 31.9 Å². The van der Waals surface area contributed by atoms with Crippen molar-refractivity contribution in [2.45, 2.75) is 96.0 Å². The van der Waals surface area contributed by atoms with Gasteiger partial charge in [-0.05, 0) is 71.4 Å². The van der Waals surface area contributed by atoms with Gasteiger partial charge in [0.05, 0.1) is 6.61 Å². The number of aromatic nitrogens is 1. The smallest absolute Gasteiger partial charge is 0.411 e. The Labute approximate surface area is 201 Å². The van der Waals surface area contributed by atoms with Crippen molar-refractivity contribution in [3.8, 4) is 5.88 Å². The molecule has 34 heavy (non-hydrogen) atoms. The minimum atomic E-state index is -0.991. The number of amides is 2. The lowest BCUT2D eigenvalue weighted by atomic mass is 9.92. The minimum absolute atomic E-state index is 0.0148. The third-order valence-electron chi connectivity index (χ3n) is 6.82. The highest BCUT2D eigenvalue weighted by molar-refractivity contribution is 5.94. The molecule has 1 saturated carbocycles. The number of hydrogen-bond donors (Lipinski definition) is 1. The summed E-state index contributed by atoms with van der Waals surface area (Å²) in [5.41, 5.74) is 0.251.